The summed E-state index contributed by atoms with van der Waals surface area (Å²) in [7, 11) is 0. The Balaban J connectivity index is 1.66. The summed E-state index contributed by atoms with van der Waals surface area (Å²) in [6.45, 7) is 0.983. The number of amides is 1. The minimum atomic E-state index is -0.174. The number of hydrogen-bond donors (Lipinski definition) is 1. The van der Waals surface area contributed by atoms with E-state index in [0.717, 1.165) is 34.4 Å². The van der Waals surface area contributed by atoms with E-state index in [4.69, 9.17) is 0 Å². The van der Waals surface area contributed by atoms with Gasteiger partial charge in [0.2, 0.25) is 0 Å². The van der Waals surface area contributed by atoms with E-state index in [-0.39, 0.29) is 5.91 Å². The molecule has 114 valence electrons. The van der Waals surface area contributed by atoms with Crippen LogP contribution in [0.2, 0.25) is 0 Å². The van der Waals surface area contributed by atoms with Crippen molar-refractivity contribution in [1.82, 2.24) is 14.5 Å². The molecular formula is C17H14N4OS. The van der Waals surface area contributed by atoms with Crippen molar-refractivity contribution >= 4 is 23.4 Å². The molecule has 5 nitrogen and oxygen atoms in total. The van der Waals surface area contributed by atoms with Gasteiger partial charge in [0, 0.05) is 36.5 Å². The van der Waals surface area contributed by atoms with Gasteiger partial charge in [-0.05, 0) is 18.2 Å². The largest absolute Gasteiger partial charge is 0.325 e. The van der Waals surface area contributed by atoms with Gasteiger partial charge in [-0.15, -0.1) is 0 Å². The summed E-state index contributed by atoms with van der Waals surface area (Å²) in [5, 5.41) is 3.99. The lowest BCUT2D eigenvalue weighted by molar-refractivity contribution is 0.102. The highest BCUT2D eigenvalue weighted by Gasteiger charge is 2.17. The lowest BCUT2D eigenvalue weighted by Crippen LogP contribution is -2.12. The second kappa shape index (κ2) is 5.89. The van der Waals surface area contributed by atoms with Crippen molar-refractivity contribution < 1.29 is 4.79 Å². The third kappa shape index (κ3) is 2.73. The molecule has 0 saturated heterocycles. The monoisotopic (exact) mass is 322 g/mol. The van der Waals surface area contributed by atoms with Gasteiger partial charge in [-0.1, -0.05) is 30.0 Å². The highest BCUT2D eigenvalue weighted by molar-refractivity contribution is 7.99. The Labute approximate surface area is 137 Å². The molecule has 0 radical (unpaired) electrons. The Morgan fingerprint density at radius 3 is 2.96 bits per heavy atom. The van der Waals surface area contributed by atoms with Crippen LogP contribution in [0.4, 0.5) is 5.69 Å². The molecule has 0 bridgehead atoms. The van der Waals surface area contributed by atoms with Crippen LogP contribution in [0.15, 0.2) is 60.1 Å². The van der Waals surface area contributed by atoms with Gasteiger partial charge in [0.25, 0.3) is 5.91 Å². The van der Waals surface area contributed by atoms with Gasteiger partial charge in [-0.25, -0.2) is 4.98 Å². The average Bonchev–Trinajstić information content (AvgIpc) is 3.18. The Morgan fingerprint density at radius 1 is 1.22 bits per heavy atom. The summed E-state index contributed by atoms with van der Waals surface area (Å²) in [6, 6.07) is 11.2. The van der Waals surface area contributed by atoms with E-state index < -0.39 is 0 Å². The molecule has 6 heteroatoms. The van der Waals surface area contributed by atoms with Gasteiger partial charge in [-0.3, -0.25) is 9.78 Å². The molecule has 0 atom stereocenters. The molecule has 1 aliphatic heterocycles. The topological polar surface area (TPSA) is 59.8 Å². The van der Waals surface area contributed by atoms with Crippen LogP contribution in [0.1, 0.15) is 10.4 Å². The van der Waals surface area contributed by atoms with E-state index in [0.29, 0.717) is 5.56 Å². The predicted octanol–water partition coefficient (Wildman–Crippen LogP) is 3.30. The number of aromatic nitrogens is 3. The number of anilines is 1. The number of carbonyl (C=O) groups is 1. The summed E-state index contributed by atoms with van der Waals surface area (Å²) >= 11 is 1.76. The Bertz CT molecular complexity index is 839. The van der Waals surface area contributed by atoms with Crippen LogP contribution in [0.3, 0.4) is 0 Å². The molecule has 0 aliphatic carbocycles. The second-order valence-corrected chi connectivity index (χ2v) is 6.25. The van der Waals surface area contributed by atoms with Crippen molar-refractivity contribution in [3.63, 3.8) is 0 Å². The number of thioether (sulfide) groups is 1. The molecule has 0 saturated carbocycles. The van der Waals surface area contributed by atoms with Crippen molar-refractivity contribution in [2.45, 2.75) is 11.7 Å². The van der Waals surface area contributed by atoms with Gasteiger partial charge >= 0.3 is 0 Å². The van der Waals surface area contributed by atoms with E-state index in [9.17, 15) is 4.79 Å². The molecule has 1 aliphatic rings. The van der Waals surface area contributed by atoms with Crippen molar-refractivity contribution in [1.29, 1.82) is 0 Å². The molecular weight excluding hydrogens is 308 g/mol. The van der Waals surface area contributed by atoms with Crippen LogP contribution in [0, 0.1) is 0 Å². The number of para-hydroxylation sites is 1. The number of nitrogens with one attached hydrogen (secondary N) is 1. The van der Waals surface area contributed by atoms with Crippen LogP contribution < -0.4 is 5.32 Å². The van der Waals surface area contributed by atoms with Crippen molar-refractivity contribution in [3.8, 4) is 11.3 Å². The molecule has 23 heavy (non-hydrogen) atoms. The van der Waals surface area contributed by atoms with Crippen molar-refractivity contribution in [2.75, 3.05) is 11.1 Å². The van der Waals surface area contributed by atoms with Gasteiger partial charge in [-0.2, -0.15) is 0 Å². The minimum Gasteiger partial charge on any atom is -0.325 e. The Morgan fingerprint density at radius 2 is 2.13 bits per heavy atom. The zero-order valence-electron chi connectivity index (χ0n) is 12.3. The first kappa shape index (κ1) is 14.0. The van der Waals surface area contributed by atoms with Crippen LogP contribution in [-0.2, 0) is 6.54 Å². The number of fused-ring (bicyclic) bond motifs is 1. The van der Waals surface area contributed by atoms with E-state index in [1.165, 1.54) is 0 Å². The molecule has 2 aromatic heterocycles. The summed E-state index contributed by atoms with van der Waals surface area (Å²) in [6.07, 6.45) is 5.25. The number of nitrogens with zero attached hydrogens (tertiary/aromatic N) is 3. The zero-order valence-corrected chi connectivity index (χ0v) is 13.1. The van der Waals surface area contributed by atoms with Gasteiger partial charge in [0.05, 0.1) is 16.9 Å². The summed E-state index contributed by atoms with van der Waals surface area (Å²) in [4.78, 5) is 21.0. The number of imidazole rings is 1. The maximum absolute atomic E-state index is 12.4. The maximum Gasteiger partial charge on any atom is 0.257 e. The molecule has 3 heterocycles. The fourth-order valence-electron chi connectivity index (χ4n) is 2.55. The molecule has 1 amide bonds. The summed E-state index contributed by atoms with van der Waals surface area (Å²) in [5.41, 5.74) is 3.09. The van der Waals surface area contributed by atoms with E-state index in [1.54, 1.807) is 36.3 Å². The van der Waals surface area contributed by atoms with E-state index in [1.807, 2.05) is 30.5 Å². The first-order valence-corrected chi connectivity index (χ1v) is 8.30. The zero-order chi connectivity index (χ0) is 15.6. The highest BCUT2D eigenvalue weighted by atomic mass is 32.2. The number of benzene rings is 1. The molecule has 0 unspecified atom stereocenters. The number of rotatable bonds is 3. The van der Waals surface area contributed by atoms with Crippen LogP contribution >= 0.6 is 11.8 Å². The average molecular weight is 322 g/mol. The molecule has 4 rings (SSSR count). The van der Waals surface area contributed by atoms with Gasteiger partial charge in [0.15, 0.2) is 5.16 Å². The van der Waals surface area contributed by atoms with Crippen LogP contribution in [-0.4, -0.2) is 26.2 Å². The number of aryl methyl sites for hydroxylation is 1. The highest BCUT2D eigenvalue weighted by Crippen LogP contribution is 2.32. The Hall–Kier alpha value is -2.60. The first-order chi connectivity index (χ1) is 11.3. The van der Waals surface area contributed by atoms with Crippen LogP contribution in [0.25, 0.3) is 11.3 Å². The minimum absolute atomic E-state index is 0.174. The summed E-state index contributed by atoms with van der Waals surface area (Å²) < 4.78 is 2.15. The standard InChI is InChI=1S/C17H14N4OS/c22-16(12-4-3-7-18-10-12)19-14-6-2-1-5-13(14)15-11-21-8-9-23-17(21)20-15/h1-7,10-11H,8-9H2,(H,19,22). The Kier molecular flexibility index (Phi) is 3.59. The normalized spacial score (nSPS) is 12.9. The second-order valence-electron chi connectivity index (χ2n) is 5.19. The molecule has 0 fully saturated rings. The fourth-order valence-corrected chi connectivity index (χ4v) is 3.49. The lowest BCUT2D eigenvalue weighted by Gasteiger charge is -2.09. The molecule has 3 aromatic rings. The smallest absolute Gasteiger partial charge is 0.257 e. The van der Waals surface area contributed by atoms with E-state index in [2.05, 4.69) is 19.9 Å². The molecule has 1 N–H and O–H groups in total. The SMILES string of the molecule is O=C(Nc1ccccc1-c1cn2c(n1)SCC2)c1cccnc1. The first-order valence-electron chi connectivity index (χ1n) is 7.32. The van der Waals surface area contributed by atoms with Crippen LogP contribution in [0.5, 0.6) is 0 Å². The fraction of sp³-hybridized carbons (Fsp3) is 0.118. The maximum atomic E-state index is 12.4. The third-order valence-corrected chi connectivity index (χ3v) is 4.65. The van der Waals surface area contributed by atoms with Gasteiger partial charge in [0.1, 0.15) is 0 Å². The molecule has 1 aromatic carbocycles. The number of pyridine rings is 1. The van der Waals surface area contributed by atoms with Crippen molar-refractivity contribution in [2.24, 2.45) is 0 Å². The predicted molar refractivity (Wildman–Crippen MR) is 90.6 cm³/mol. The quantitative estimate of drug-likeness (QED) is 0.804. The molecule has 0 spiro atoms. The number of carbonyl (C=O) groups excluding carboxylic acids is 1. The van der Waals surface area contributed by atoms with Crippen molar-refractivity contribution in [3.05, 3.63) is 60.6 Å². The summed E-state index contributed by atoms with van der Waals surface area (Å²) in [5.74, 6) is 0.897. The van der Waals surface area contributed by atoms with E-state index >= 15 is 0 Å². The lowest BCUT2D eigenvalue weighted by atomic mass is 10.1. The van der Waals surface area contributed by atoms with Gasteiger partial charge < -0.3 is 9.88 Å². The third-order valence-electron chi connectivity index (χ3n) is 3.68. The number of hydrogen-bond acceptors (Lipinski definition) is 4.